The van der Waals surface area contributed by atoms with Gasteiger partial charge in [-0.05, 0) is 18.2 Å². The molecule has 7 amide bonds. The molecule has 16 nitrogen and oxygen atoms in total. The Bertz CT molecular complexity index is 1120. The molecular formula is C15H16N6O10S. The van der Waals surface area contributed by atoms with Crippen molar-refractivity contribution in [3.63, 3.8) is 0 Å². The largest absolute Gasteiger partial charge is 0.504 e. The van der Waals surface area contributed by atoms with Crippen molar-refractivity contribution in [3.05, 3.63) is 23.8 Å². The standard InChI is InChI=1S/C15H16N6O10S/c22-9-2-1-7(5-10(9)23)11(24)17-20-3-4-21(15(20)29)32(30,31)18-13(26)19-6-8(12(19)25)16-14(27)28/h1-2,5,8,16,22-23H,3-4,6H2,(H,17,24)(H,18,26)(H,27,28)/t8-/m0/s1. The molecule has 32 heavy (non-hydrogen) atoms. The lowest BCUT2D eigenvalue weighted by Crippen LogP contribution is -2.67. The van der Waals surface area contributed by atoms with Gasteiger partial charge in [0.25, 0.3) is 11.8 Å². The maximum atomic E-state index is 12.4. The molecule has 0 saturated carbocycles. The number of carbonyl (C=O) groups excluding carboxylic acids is 4. The SMILES string of the molecule is O=C(O)N[C@H]1CN(C(=O)NS(=O)(=O)N2CCN(NC(=O)c3ccc(O)c(O)c3)C2=O)C1=O. The topological polar surface area (TPSA) is 226 Å². The number of hydrazine groups is 1. The summed E-state index contributed by atoms with van der Waals surface area (Å²) in [5, 5.41) is 29.8. The summed E-state index contributed by atoms with van der Waals surface area (Å²) in [6.45, 7) is -1.13. The smallest absolute Gasteiger partial charge is 0.405 e. The number of amides is 7. The summed E-state index contributed by atoms with van der Waals surface area (Å²) in [5.41, 5.74) is 1.99. The summed E-state index contributed by atoms with van der Waals surface area (Å²) in [6, 6.07) is -0.669. The molecule has 0 aromatic heterocycles. The fourth-order valence-corrected chi connectivity index (χ4v) is 3.85. The van der Waals surface area contributed by atoms with Gasteiger partial charge in [0.15, 0.2) is 11.5 Å². The number of phenolic OH excluding ortho intramolecular Hbond substituents is 2. The maximum absolute atomic E-state index is 12.4. The van der Waals surface area contributed by atoms with E-state index in [2.05, 4.69) is 5.43 Å². The van der Waals surface area contributed by atoms with Crippen LogP contribution in [0.4, 0.5) is 14.4 Å². The van der Waals surface area contributed by atoms with Crippen LogP contribution in [0, 0.1) is 0 Å². The molecule has 172 valence electrons. The van der Waals surface area contributed by atoms with E-state index in [4.69, 9.17) is 5.11 Å². The minimum Gasteiger partial charge on any atom is -0.504 e. The van der Waals surface area contributed by atoms with E-state index in [1.165, 1.54) is 4.72 Å². The van der Waals surface area contributed by atoms with Gasteiger partial charge in [0.2, 0.25) is 0 Å². The second kappa shape index (κ2) is 8.10. The van der Waals surface area contributed by atoms with Crippen molar-refractivity contribution < 1.29 is 47.7 Å². The van der Waals surface area contributed by atoms with Crippen LogP contribution in [0.1, 0.15) is 10.4 Å². The molecule has 2 saturated heterocycles. The molecule has 2 aliphatic heterocycles. The molecule has 3 rings (SSSR count). The summed E-state index contributed by atoms with van der Waals surface area (Å²) >= 11 is 0. The molecule has 0 unspecified atom stereocenters. The highest BCUT2D eigenvalue weighted by atomic mass is 32.2. The second-order valence-electron chi connectivity index (χ2n) is 6.51. The molecule has 17 heteroatoms. The number of aromatic hydroxyl groups is 2. The quantitative estimate of drug-likeness (QED) is 0.202. The minimum atomic E-state index is -4.75. The minimum absolute atomic E-state index is 0.136. The lowest BCUT2D eigenvalue weighted by atomic mass is 10.1. The average Bonchev–Trinajstić information content (AvgIpc) is 3.07. The number of carboxylic acid groups (broad SMARTS) is 1. The van der Waals surface area contributed by atoms with Crippen molar-refractivity contribution in [1.82, 2.24) is 29.7 Å². The monoisotopic (exact) mass is 472 g/mol. The third kappa shape index (κ3) is 4.26. The van der Waals surface area contributed by atoms with E-state index in [0.717, 1.165) is 18.2 Å². The molecule has 1 aromatic carbocycles. The zero-order chi connectivity index (χ0) is 23.8. The average molecular weight is 472 g/mol. The Kier molecular flexibility index (Phi) is 5.67. The lowest BCUT2D eigenvalue weighted by molar-refractivity contribution is -0.138. The van der Waals surface area contributed by atoms with E-state index in [-0.39, 0.29) is 16.4 Å². The van der Waals surface area contributed by atoms with Crippen LogP contribution in [0.2, 0.25) is 0 Å². The summed E-state index contributed by atoms with van der Waals surface area (Å²) in [5.74, 6) is -2.92. The fraction of sp³-hybridized carbons (Fsp3) is 0.267. The fourth-order valence-electron chi connectivity index (χ4n) is 2.78. The number of phenols is 2. The normalized spacial score (nSPS) is 18.2. The van der Waals surface area contributed by atoms with Crippen molar-refractivity contribution in [3.8, 4) is 11.5 Å². The highest BCUT2D eigenvalue weighted by Gasteiger charge is 2.45. The Morgan fingerprint density at radius 2 is 1.75 bits per heavy atom. The molecule has 2 aliphatic rings. The number of carbonyl (C=O) groups is 5. The van der Waals surface area contributed by atoms with E-state index < -0.39 is 70.8 Å². The first-order valence-corrected chi connectivity index (χ1v) is 10.1. The zero-order valence-electron chi connectivity index (χ0n) is 15.9. The van der Waals surface area contributed by atoms with Gasteiger partial charge in [-0.1, -0.05) is 0 Å². The van der Waals surface area contributed by atoms with Crippen LogP contribution in [-0.4, -0.2) is 93.6 Å². The van der Waals surface area contributed by atoms with Crippen molar-refractivity contribution in [1.29, 1.82) is 0 Å². The van der Waals surface area contributed by atoms with Gasteiger partial charge in [0.05, 0.1) is 19.6 Å². The predicted octanol–water partition coefficient (Wildman–Crippen LogP) is -2.09. The number of nitrogens with zero attached hydrogens (tertiary/aromatic N) is 3. The Morgan fingerprint density at radius 1 is 1.06 bits per heavy atom. The van der Waals surface area contributed by atoms with Crippen molar-refractivity contribution in [2.45, 2.75) is 6.04 Å². The summed E-state index contributed by atoms with van der Waals surface area (Å²) < 4.78 is 26.5. The number of rotatable bonds is 5. The lowest BCUT2D eigenvalue weighted by Gasteiger charge is -2.36. The van der Waals surface area contributed by atoms with Crippen molar-refractivity contribution >= 4 is 40.2 Å². The molecule has 1 atom stereocenters. The van der Waals surface area contributed by atoms with Gasteiger partial charge in [-0.2, -0.15) is 8.42 Å². The molecule has 6 N–H and O–H groups in total. The Hall–Kier alpha value is -4.28. The van der Waals surface area contributed by atoms with Gasteiger partial charge >= 0.3 is 28.4 Å². The number of imide groups is 1. The van der Waals surface area contributed by atoms with Crippen LogP contribution < -0.4 is 15.5 Å². The molecule has 0 aliphatic carbocycles. The highest BCUT2D eigenvalue weighted by Crippen LogP contribution is 2.25. The molecule has 0 radical (unpaired) electrons. The van der Waals surface area contributed by atoms with Crippen LogP contribution in [0.25, 0.3) is 0 Å². The first-order valence-electron chi connectivity index (χ1n) is 8.70. The third-order valence-corrected chi connectivity index (χ3v) is 5.78. The van der Waals surface area contributed by atoms with Crippen molar-refractivity contribution in [2.75, 3.05) is 19.6 Å². The van der Waals surface area contributed by atoms with Gasteiger partial charge in [-0.15, -0.1) is 0 Å². The van der Waals surface area contributed by atoms with Gasteiger partial charge in [0, 0.05) is 5.56 Å². The van der Waals surface area contributed by atoms with Crippen LogP contribution in [0.15, 0.2) is 18.2 Å². The molecule has 0 spiro atoms. The molecule has 0 bridgehead atoms. The Morgan fingerprint density at radius 3 is 2.34 bits per heavy atom. The Balaban J connectivity index is 1.60. The maximum Gasteiger partial charge on any atom is 0.405 e. The summed E-state index contributed by atoms with van der Waals surface area (Å²) in [7, 11) is -4.75. The first kappa shape index (κ1) is 22.4. The number of urea groups is 2. The summed E-state index contributed by atoms with van der Waals surface area (Å²) in [4.78, 5) is 59.3. The number of hydrogen-bond donors (Lipinski definition) is 6. The van der Waals surface area contributed by atoms with Crippen LogP contribution in [0.5, 0.6) is 11.5 Å². The van der Waals surface area contributed by atoms with Crippen LogP contribution >= 0.6 is 0 Å². The molecule has 2 fully saturated rings. The highest BCUT2D eigenvalue weighted by molar-refractivity contribution is 7.88. The van der Waals surface area contributed by atoms with Gasteiger partial charge < -0.3 is 20.6 Å². The number of benzene rings is 1. The van der Waals surface area contributed by atoms with Crippen LogP contribution in [0.3, 0.4) is 0 Å². The number of β-lactam (4-membered cyclic amide) rings is 1. The van der Waals surface area contributed by atoms with Gasteiger partial charge in [0.1, 0.15) is 6.04 Å². The molecule has 1 aromatic rings. The molecular weight excluding hydrogens is 456 g/mol. The number of nitrogens with one attached hydrogen (secondary N) is 3. The summed E-state index contributed by atoms with van der Waals surface area (Å²) in [6.07, 6.45) is -1.50. The van der Waals surface area contributed by atoms with E-state index >= 15 is 0 Å². The third-order valence-electron chi connectivity index (χ3n) is 4.42. The number of likely N-dealkylation sites (tertiary alicyclic amines) is 1. The second-order valence-corrected chi connectivity index (χ2v) is 8.11. The van der Waals surface area contributed by atoms with Gasteiger partial charge in [-0.3, -0.25) is 19.9 Å². The van der Waals surface area contributed by atoms with E-state index in [1.54, 1.807) is 0 Å². The van der Waals surface area contributed by atoms with E-state index in [9.17, 15) is 42.6 Å². The first-order chi connectivity index (χ1) is 14.9. The Labute approximate surface area is 179 Å². The van der Waals surface area contributed by atoms with Crippen molar-refractivity contribution in [2.24, 2.45) is 0 Å². The zero-order valence-corrected chi connectivity index (χ0v) is 16.7. The van der Waals surface area contributed by atoms with Gasteiger partial charge in [-0.25, -0.2) is 28.4 Å². The molecule has 2 heterocycles. The van der Waals surface area contributed by atoms with E-state index in [1.807, 2.05) is 5.32 Å². The van der Waals surface area contributed by atoms with E-state index in [0.29, 0.717) is 9.91 Å². The predicted molar refractivity (Wildman–Crippen MR) is 100 cm³/mol. The van der Waals surface area contributed by atoms with Crippen LogP contribution in [-0.2, 0) is 15.0 Å². The number of hydrogen-bond acceptors (Lipinski definition) is 9.